The molecule has 0 fully saturated rings. The van der Waals surface area contributed by atoms with Crippen LogP contribution in [0.4, 0.5) is 5.69 Å². The van der Waals surface area contributed by atoms with E-state index in [0.29, 0.717) is 10.8 Å². The first-order valence-corrected chi connectivity index (χ1v) is 5.97. The molecule has 3 N–H and O–H groups in total. The fourth-order valence-corrected chi connectivity index (χ4v) is 1.80. The first kappa shape index (κ1) is 14.2. The lowest BCUT2D eigenvalue weighted by molar-refractivity contribution is -0.119. The van der Waals surface area contributed by atoms with Gasteiger partial charge in [-0.25, -0.2) is 4.98 Å². The molecule has 17 heavy (non-hydrogen) atoms. The van der Waals surface area contributed by atoms with E-state index < -0.39 is 0 Å². The molecule has 4 nitrogen and oxygen atoms in total. The van der Waals surface area contributed by atoms with Gasteiger partial charge in [0.15, 0.2) is 5.15 Å². The summed E-state index contributed by atoms with van der Waals surface area (Å²) in [4.78, 5) is 15.7. The summed E-state index contributed by atoms with van der Waals surface area (Å²) < 4.78 is 0. The summed E-state index contributed by atoms with van der Waals surface area (Å²) in [5.74, 6) is -0.490. The number of amides is 1. The van der Waals surface area contributed by atoms with Crippen LogP contribution in [0.15, 0.2) is 6.07 Å². The van der Waals surface area contributed by atoms with E-state index in [1.807, 2.05) is 0 Å². The van der Waals surface area contributed by atoms with Crippen molar-refractivity contribution >= 4 is 34.8 Å². The number of nitrogens with zero attached hydrogens (tertiary/aromatic N) is 1. The van der Waals surface area contributed by atoms with Crippen LogP contribution in [0, 0.1) is 12.8 Å². The third-order valence-corrected chi connectivity index (χ3v) is 3.06. The Bertz CT molecular complexity index is 412. The summed E-state index contributed by atoms with van der Waals surface area (Å²) in [7, 11) is 0. The topological polar surface area (TPSA) is 68.0 Å². The molecule has 0 aliphatic heterocycles. The van der Waals surface area contributed by atoms with E-state index in [-0.39, 0.29) is 23.0 Å². The van der Waals surface area contributed by atoms with Crippen LogP contribution in [0.3, 0.4) is 0 Å². The molecular formula is C11H15Cl2N3O. The maximum atomic E-state index is 11.8. The summed E-state index contributed by atoms with van der Waals surface area (Å²) in [5, 5.41) is 3.19. The zero-order valence-corrected chi connectivity index (χ0v) is 11.4. The first-order chi connectivity index (χ1) is 7.82. The molecule has 0 saturated heterocycles. The highest BCUT2D eigenvalue weighted by atomic mass is 35.5. The number of nitrogens with one attached hydrogen (secondary N) is 1. The van der Waals surface area contributed by atoms with Crippen molar-refractivity contribution in [2.75, 3.05) is 5.32 Å². The Labute approximate surface area is 110 Å². The molecule has 0 saturated carbocycles. The molecule has 1 aromatic heterocycles. The Morgan fingerprint density at radius 2 is 2.06 bits per heavy atom. The normalized spacial score (nSPS) is 14.2. The van der Waals surface area contributed by atoms with E-state index in [2.05, 4.69) is 10.3 Å². The van der Waals surface area contributed by atoms with E-state index in [1.165, 1.54) is 0 Å². The van der Waals surface area contributed by atoms with Crippen molar-refractivity contribution in [1.29, 1.82) is 0 Å². The van der Waals surface area contributed by atoms with E-state index in [1.54, 1.807) is 26.8 Å². The molecule has 94 valence electrons. The van der Waals surface area contributed by atoms with Crippen molar-refractivity contribution in [3.05, 3.63) is 21.9 Å². The van der Waals surface area contributed by atoms with Gasteiger partial charge >= 0.3 is 0 Å². The number of hydrogen-bond acceptors (Lipinski definition) is 3. The molecular weight excluding hydrogens is 261 g/mol. The third kappa shape index (κ3) is 3.56. The highest BCUT2D eigenvalue weighted by Crippen LogP contribution is 2.26. The number of nitrogens with two attached hydrogens (primary N) is 1. The minimum Gasteiger partial charge on any atom is -0.327 e. The molecule has 0 spiro atoms. The summed E-state index contributed by atoms with van der Waals surface area (Å²) in [5.41, 5.74) is 6.90. The largest absolute Gasteiger partial charge is 0.327 e. The Morgan fingerprint density at radius 3 is 2.53 bits per heavy atom. The number of anilines is 1. The fourth-order valence-electron chi connectivity index (χ4n) is 1.22. The monoisotopic (exact) mass is 275 g/mol. The van der Waals surface area contributed by atoms with Gasteiger partial charge in [0.05, 0.1) is 11.6 Å². The number of aromatic nitrogens is 1. The second-order valence-corrected chi connectivity index (χ2v) is 4.81. The molecule has 0 bridgehead atoms. The van der Waals surface area contributed by atoms with Crippen LogP contribution < -0.4 is 11.1 Å². The number of carbonyl (C=O) groups excluding carboxylic acids is 1. The van der Waals surface area contributed by atoms with Crippen molar-refractivity contribution in [2.45, 2.75) is 26.8 Å². The van der Waals surface area contributed by atoms with Gasteiger partial charge in [0.1, 0.15) is 5.15 Å². The molecule has 1 heterocycles. The van der Waals surface area contributed by atoms with E-state index in [0.717, 1.165) is 5.56 Å². The standard InChI is InChI=1S/C11H15Cl2N3O/c1-5-4-8(12)15-10(13)9(5)16-11(17)6(2)7(3)14/h4,6-7H,14H2,1-3H3,(H,16,17). The maximum absolute atomic E-state index is 11.8. The Balaban J connectivity index is 2.93. The van der Waals surface area contributed by atoms with Gasteiger partial charge in [-0.05, 0) is 25.5 Å². The minimum atomic E-state index is -0.304. The van der Waals surface area contributed by atoms with Crippen LogP contribution in [0.2, 0.25) is 10.3 Å². The zero-order valence-electron chi connectivity index (χ0n) is 9.92. The lowest BCUT2D eigenvalue weighted by atomic mass is 10.0. The van der Waals surface area contributed by atoms with Gasteiger partial charge in [0.2, 0.25) is 5.91 Å². The van der Waals surface area contributed by atoms with E-state index in [9.17, 15) is 4.79 Å². The molecule has 1 aromatic rings. The number of hydrogen-bond donors (Lipinski definition) is 2. The highest BCUT2D eigenvalue weighted by Gasteiger charge is 2.19. The number of carbonyl (C=O) groups is 1. The van der Waals surface area contributed by atoms with Crippen LogP contribution in [0.25, 0.3) is 0 Å². The smallest absolute Gasteiger partial charge is 0.228 e. The molecule has 1 rings (SSSR count). The maximum Gasteiger partial charge on any atom is 0.228 e. The van der Waals surface area contributed by atoms with Crippen LogP contribution in [0.1, 0.15) is 19.4 Å². The fraction of sp³-hybridized carbons (Fsp3) is 0.455. The highest BCUT2D eigenvalue weighted by molar-refractivity contribution is 6.34. The molecule has 0 aliphatic carbocycles. The van der Waals surface area contributed by atoms with Gasteiger partial charge in [-0.1, -0.05) is 30.1 Å². The lowest BCUT2D eigenvalue weighted by Gasteiger charge is -2.17. The molecule has 2 unspecified atom stereocenters. The summed E-state index contributed by atoms with van der Waals surface area (Å²) in [6.07, 6.45) is 0. The summed E-state index contributed by atoms with van der Waals surface area (Å²) in [6, 6.07) is 1.41. The van der Waals surface area contributed by atoms with Gasteiger partial charge in [0.25, 0.3) is 0 Å². The molecule has 0 radical (unpaired) electrons. The first-order valence-electron chi connectivity index (χ1n) is 5.22. The quantitative estimate of drug-likeness (QED) is 0.834. The predicted octanol–water partition coefficient (Wildman–Crippen LogP) is 2.62. The Kier molecular flexibility index (Phi) is 4.74. The van der Waals surface area contributed by atoms with Gasteiger partial charge in [-0.3, -0.25) is 4.79 Å². The Morgan fingerprint density at radius 1 is 1.47 bits per heavy atom. The van der Waals surface area contributed by atoms with E-state index in [4.69, 9.17) is 28.9 Å². The summed E-state index contributed by atoms with van der Waals surface area (Å²) in [6.45, 7) is 5.33. The SMILES string of the molecule is Cc1cc(Cl)nc(Cl)c1NC(=O)C(C)C(C)N. The number of aryl methyl sites for hydroxylation is 1. The number of pyridine rings is 1. The second kappa shape index (κ2) is 5.67. The lowest BCUT2D eigenvalue weighted by Crippen LogP contribution is -2.34. The van der Waals surface area contributed by atoms with Gasteiger partial charge in [-0.15, -0.1) is 0 Å². The predicted molar refractivity (Wildman–Crippen MR) is 70.4 cm³/mol. The average molecular weight is 276 g/mol. The van der Waals surface area contributed by atoms with Crippen LogP contribution in [-0.4, -0.2) is 16.9 Å². The molecule has 0 aromatic carbocycles. The van der Waals surface area contributed by atoms with Gasteiger partial charge in [-0.2, -0.15) is 0 Å². The summed E-state index contributed by atoms with van der Waals surface area (Å²) >= 11 is 11.7. The molecule has 1 amide bonds. The van der Waals surface area contributed by atoms with Crippen molar-refractivity contribution in [3.63, 3.8) is 0 Å². The second-order valence-electron chi connectivity index (χ2n) is 4.06. The minimum absolute atomic E-state index is 0.181. The van der Waals surface area contributed by atoms with E-state index >= 15 is 0 Å². The molecule has 2 atom stereocenters. The number of rotatable bonds is 3. The molecule has 6 heteroatoms. The van der Waals surface area contributed by atoms with Gasteiger partial charge in [0, 0.05) is 6.04 Å². The average Bonchev–Trinajstić information content (AvgIpc) is 2.21. The third-order valence-electron chi connectivity index (χ3n) is 2.59. The molecule has 0 aliphatic rings. The zero-order chi connectivity index (χ0) is 13.2. The van der Waals surface area contributed by atoms with Crippen LogP contribution >= 0.6 is 23.2 Å². The number of halogens is 2. The van der Waals surface area contributed by atoms with Crippen molar-refractivity contribution in [1.82, 2.24) is 4.98 Å². The van der Waals surface area contributed by atoms with Crippen molar-refractivity contribution in [3.8, 4) is 0 Å². The van der Waals surface area contributed by atoms with Crippen molar-refractivity contribution < 1.29 is 4.79 Å². The Hall–Kier alpha value is -0.840. The van der Waals surface area contributed by atoms with Crippen molar-refractivity contribution in [2.24, 2.45) is 11.7 Å². The van der Waals surface area contributed by atoms with Crippen LogP contribution in [0.5, 0.6) is 0 Å². The van der Waals surface area contributed by atoms with Gasteiger partial charge < -0.3 is 11.1 Å². The van der Waals surface area contributed by atoms with Crippen LogP contribution in [-0.2, 0) is 4.79 Å².